The van der Waals surface area contributed by atoms with Crippen molar-refractivity contribution in [1.82, 2.24) is 4.90 Å². The van der Waals surface area contributed by atoms with Crippen molar-refractivity contribution >= 4 is 5.91 Å². The van der Waals surface area contributed by atoms with E-state index >= 15 is 0 Å². The van der Waals surface area contributed by atoms with Crippen LogP contribution in [0.15, 0.2) is 41.5 Å². The fourth-order valence-electron chi connectivity index (χ4n) is 2.87. The van der Waals surface area contributed by atoms with Crippen LogP contribution in [-0.2, 0) is 11.3 Å². The van der Waals surface area contributed by atoms with Crippen LogP contribution in [0.3, 0.4) is 0 Å². The molecule has 1 aromatic rings. The van der Waals surface area contributed by atoms with Crippen LogP contribution in [0.2, 0.25) is 0 Å². The number of aliphatic hydroxyl groups is 1. The molecule has 0 fully saturated rings. The molecule has 0 saturated carbocycles. The molecule has 0 saturated heterocycles. The molecule has 1 N–H and O–H groups in total. The standard InChI is InChI=1S/C15H17NO2/c17-14-12-8-4-5-9-13(12)15(18)16(14)10-11-6-2-1-3-7-11/h1-3,6-7,14,17H,4-5,8-10H2/t14-/m1/s1. The fourth-order valence-corrected chi connectivity index (χ4v) is 2.87. The van der Waals surface area contributed by atoms with Gasteiger partial charge in [-0.05, 0) is 36.8 Å². The molecular formula is C15H17NO2. The van der Waals surface area contributed by atoms with E-state index < -0.39 is 6.23 Å². The van der Waals surface area contributed by atoms with E-state index in [-0.39, 0.29) is 5.91 Å². The van der Waals surface area contributed by atoms with Gasteiger partial charge in [0.25, 0.3) is 5.91 Å². The molecule has 94 valence electrons. The van der Waals surface area contributed by atoms with Crippen molar-refractivity contribution in [3.63, 3.8) is 0 Å². The Hall–Kier alpha value is -1.61. The number of benzene rings is 1. The normalized spacial score (nSPS) is 23.5. The number of amides is 1. The highest BCUT2D eigenvalue weighted by Gasteiger charge is 2.38. The van der Waals surface area contributed by atoms with Gasteiger partial charge in [-0.3, -0.25) is 4.79 Å². The van der Waals surface area contributed by atoms with Gasteiger partial charge in [0.1, 0.15) is 0 Å². The van der Waals surface area contributed by atoms with Crippen molar-refractivity contribution in [3.8, 4) is 0 Å². The maximum absolute atomic E-state index is 12.3. The molecule has 2 aliphatic rings. The SMILES string of the molecule is O=C1C2=C(CCCC2)[C@@H](O)N1Cc1ccccc1. The average Bonchev–Trinajstić information content (AvgIpc) is 2.66. The van der Waals surface area contributed by atoms with Crippen LogP contribution >= 0.6 is 0 Å². The smallest absolute Gasteiger partial charge is 0.252 e. The van der Waals surface area contributed by atoms with Gasteiger partial charge in [0.05, 0.1) is 0 Å². The lowest BCUT2D eigenvalue weighted by molar-refractivity contribution is -0.132. The van der Waals surface area contributed by atoms with Crippen LogP contribution in [0.4, 0.5) is 0 Å². The van der Waals surface area contributed by atoms with Gasteiger partial charge in [-0.2, -0.15) is 0 Å². The number of carbonyl (C=O) groups is 1. The molecule has 3 rings (SSSR count). The van der Waals surface area contributed by atoms with Crippen molar-refractivity contribution in [3.05, 3.63) is 47.0 Å². The molecule has 1 aromatic carbocycles. The summed E-state index contributed by atoms with van der Waals surface area (Å²) in [6.07, 6.45) is 3.15. The summed E-state index contributed by atoms with van der Waals surface area (Å²) in [5.41, 5.74) is 2.89. The zero-order valence-corrected chi connectivity index (χ0v) is 10.3. The van der Waals surface area contributed by atoms with E-state index in [2.05, 4.69) is 0 Å². The van der Waals surface area contributed by atoms with E-state index in [1.54, 1.807) is 4.90 Å². The second kappa shape index (κ2) is 4.58. The van der Waals surface area contributed by atoms with E-state index in [4.69, 9.17) is 0 Å². The van der Waals surface area contributed by atoms with Crippen molar-refractivity contribution in [2.45, 2.75) is 38.5 Å². The number of hydrogen-bond acceptors (Lipinski definition) is 2. The molecule has 1 heterocycles. The fraction of sp³-hybridized carbons (Fsp3) is 0.400. The van der Waals surface area contributed by atoms with Gasteiger partial charge in [0.15, 0.2) is 6.23 Å². The van der Waals surface area contributed by atoms with E-state index in [9.17, 15) is 9.90 Å². The lowest BCUT2D eigenvalue weighted by atomic mass is 9.93. The number of aliphatic hydroxyl groups excluding tert-OH is 1. The third kappa shape index (κ3) is 1.85. The number of rotatable bonds is 2. The molecule has 1 atom stereocenters. The molecule has 0 radical (unpaired) electrons. The summed E-state index contributed by atoms with van der Waals surface area (Å²) in [4.78, 5) is 13.9. The molecule has 1 aliphatic heterocycles. The van der Waals surface area contributed by atoms with Crippen molar-refractivity contribution < 1.29 is 9.90 Å². The largest absolute Gasteiger partial charge is 0.369 e. The lowest BCUT2D eigenvalue weighted by Crippen LogP contribution is -2.34. The zero-order valence-electron chi connectivity index (χ0n) is 10.3. The van der Waals surface area contributed by atoms with Crippen molar-refractivity contribution in [2.24, 2.45) is 0 Å². The first-order chi connectivity index (χ1) is 8.77. The molecule has 3 nitrogen and oxygen atoms in total. The summed E-state index contributed by atoms with van der Waals surface area (Å²) in [6, 6.07) is 9.83. The zero-order chi connectivity index (χ0) is 12.5. The minimum absolute atomic E-state index is 0.0288. The topological polar surface area (TPSA) is 40.5 Å². The highest BCUT2D eigenvalue weighted by Crippen LogP contribution is 2.35. The molecule has 0 aromatic heterocycles. The van der Waals surface area contributed by atoms with Crippen LogP contribution < -0.4 is 0 Å². The van der Waals surface area contributed by atoms with E-state index in [0.717, 1.165) is 42.4 Å². The lowest BCUT2D eigenvalue weighted by Gasteiger charge is -2.22. The van der Waals surface area contributed by atoms with Gasteiger partial charge < -0.3 is 10.0 Å². The second-order valence-corrected chi connectivity index (χ2v) is 5.00. The maximum atomic E-state index is 12.3. The Kier molecular flexibility index (Phi) is 2.92. The number of carbonyl (C=O) groups excluding carboxylic acids is 1. The number of hydrogen-bond donors (Lipinski definition) is 1. The summed E-state index contributed by atoms with van der Waals surface area (Å²) in [7, 11) is 0. The summed E-state index contributed by atoms with van der Waals surface area (Å²) in [6.45, 7) is 0.494. The molecule has 0 unspecified atom stereocenters. The first-order valence-electron chi connectivity index (χ1n) is 6.52. The van der Waals surface area contributed by atoms with Crippen LogP contribution in [0.1, 0.15) is 31.2 Å². The first kappa shape index (κ1) is 11.5. The summed E-state index contributed by atoms with van der Waals surface area (Å²) in [5, 5.41) is 10.3. The van der Waals surface area contributed by atoms with Crippen LogP contribution in [-0.4, -0.2) is 22.1 Å². The third-order valence-electron chi connectivity index (χ3n) is 3.83. The van der Waals surface area contributed by atoms with Gasteiger partial charge >= 0.3 is 0 Å². The van der Waals surface area contributed by atoms with Gasteiger partial charge in [-0.15, -0.1) is 0 Å². The monoisotopic (exact) mass is 243 g/mol. The van der Waals surface area contributed by atoms with Gasteiger partial charge in [0, 0.05) is 12.1 Å². The molecule has 0 spiro atoms. The van der Waals surface area contributed by atoms with E-state index in [1.807, 2.05) is 30.3 Å². The van der Waals surface area contributed by atoms with E-state index in [0.29, 0.717) is 6.54 Å². The van der Waals surface area contributed by atoms with Crippen molar-refractivity contribution in [1.29, 1.82) is 0 Å². The predicted octanol–water partition coefficient (Wildman–Crippen LogP) is 2.22. The Labute approximate surface area is 107 Å². The Morgan fingerprint density at radius 2 is 1.89 bits per heavy atom. The minimum Gasteiger partial charge on any atom is -0.369 e. The highest BCUT2D eigenvalue weighted by molar-refractivity contribution is 5.97. The molecule has 18 heavy (non-hydrogen) atoms. The molecular weight excluding hydrogens is 226 g/mol. The quantitative estimate of drug-likeness (QED) is 0.865. The minimum atomic E-state index is -0.701. The molecule has 1 aliphatic carbocycles. The van der Waals surface area contributed by atoms with Crippen molar-refractivity contribution in [2.75, 3.05) is 0 Å². The first-order valence-corrected chi connectivity index (χ1v) is 6.52. The van der Waals surface area contributed by atoms with Gasteiger partial charge in [-0.25, -0.2) is 0 Å². The Morgan fingerprint density at radius 3 is 2.61 bits per heavy atom. The molecule has 3 heteroatoms. The Bertz CT molecular complexity index is 492. The van der Waals surface area contributed by atoms with E-state index in [1.165, 1.54) is 0 Å². The predicted molar refractivity (Wildman–Crippen MR) is 68.5 cm³/mol. The third-order valence-corrected chi connectivity index (χ3v) is 3.83. The van der Waals surface area contributed by atoms with Crippen LogP contribution in [0.25, 0.3) is 0 Å². The van der Waals surface area contributed by atoms with Crippen LogP contribution in [0, 0.1) is 0 Å². The van der Waals surface area contributed by atoms with Gasteiger partial charge in [-0.1, -0.05) is 30.3 Å². The Morgan fingerprint density at radius 1 is 1.17 bits per heavy atom. The molecule has 0 bridgehead atoms. The Balaban J connectivity index is 1.82. The average molecular weight is 243 g/mol. The summed E-state index contributed by atoms with van der Waals surface area (Å²) in [5.74, 6) is 0.0288. The second-order valence-electron chi connectivity index (χ2n) is 5.00. The summed E-state index contributed by atoms with van der Waals surface area (Å²) >= 11 is 0. The van der Waals surface area contributed by atoms with Crippen LogP contribution in [0.5, 0.6) is 0 Å². The van der Waals surface area contributed by atoms with Gasteiger partial charge in [0.2, 0.25) is 0 Å². The summed E-state index contributed by atoms with van der Waals surface area (Å²) < 4.78 is 0. The number of nitrogens with zero attached hydrogens (tertiary/aromatic N) is 1. The highest BCUT2D eigenvalue weighted by atomic mass is 16.3. The molecule has 1 amide bonds. The maximum Gasteiger partial charge on any atom is 0.252 e.